The summed E-state index contributed by atoms with van der Waals surface area (Å²) in [5.74, 6) is 2.25. The number of piperidine rings is 1. The number of likely N-dealkylation sites (tertiary alicyclic amines) is 1. The molecule has 1 aliphatic rings. The van der Waals surface area contributed by atoms with E-state index in [9.17, 15) is 4.79 Å². The van der Waals surface area contributed by atoms with Gasteiger partial charge in [0, 0.05) is 23.0 Å². The van der Waals surface area contributed by atoms with Crippen LogP contribution in [0.5, 0.6) is 11.5 Å². The van der Waals surface area contributed by atoms with Gasteiger partial charge in [-0.3, -0.25) is 9.69 Å². The van der Waals surface area contributed by atoms with E-state index in [0.29, 0.717) is 24.9 Å². The molecular weight excluding hydrogens is 442 g/mol. The molecule has 0 aliphatic carbocycles. The molecule has 2 heterocycles. The first kappa shape index (κ1) is 25.1. The van der Waals surface area contributed by atoms with E-state index in [-0.39, 0.29) is 12.5 Å². The van der Waals surface area contributed by atoms with Gasteiger partial charge in [0.25, 0.3) is 0 Å². The van der Waals surface area contributed by atoms with E-state index in [1.807, 2.05) is 12.1 Å². The topological polar surface area (TPSA) is 86.8 Å². The minimum atomic E-state index is -0.0263. The Morgan fingerprint density at radius 1 is 1.11 bits per heavy atom. The Morgan fingerprint density at radius 2 is 1.86 bits per heavy atom. The van der Waals surface area contributed by atoms with E-state index in [1.54, 1.807) is 14.2 Å². The van der Waals surface area contributed by atoms with Crippen molar-refractivity contribution in [2.24, 2.45) is 0 Å². The average molecular weight is 480 g/mol. The van der Waals surface area contributed by atoms with Gasteiger partial charge in [0.1, 0.15) is 0 Å². The molecule has 7 nitrogen and oxygen atoms in total. The molecule has 0 radical (unpaired) electrons. The summed E-state index contributed by atoms with van der Waals surface area (Å²) in [7, 11) is 3.31. The van der Waals surface area contributed by atoms with Gasteiger partial charge in [0.2, 0.25) is 5.91 Å². The van der Waals surface area contributed by atoms with Gasteiger partial charge in [-0.25, -0.2) is 0 Å². The van der Waals surface area contributed by atoms with Crippen LogP contribution in [0.3, 0.4) is 0 Å². The highest BCUT2D eigenvalue weighted by molar-refractivity contribution is 5.92. The minimum Gasteiger partial charge on any atom is -0.493 e. The SMILES string of the molecule is COc1ccc(-c2[nH]c3ccc(C4CCN(CC(=O)NCCO)CC4)cc3c2C(C)C)cc1OC. The van der Waals surface area contributed by atoms with E-state index < -0.39 is 0 Å². The maximum atomic E-state index is 12.0. The summed E-state index contributed by atoms with van der Waals surface area (Å²) in [5, 5.41) is 12.9. The molecule has 1 fully saturated rings. The lowest BCUT2D eigenvalue weighted by Crippen LogP contribution is -2.41. The Balaban J connectivity index is 1.57. The first-order valence-corrected chi connectivity index (χ1v) is 12.4. The zero-order valence-corrected chi connectivity index (χ0v) is 21.2. The molecule has 0 spiro atoms. The first-order valence-electron chi connectivity index (χ1n) is 12.4. The molecule has 2 aromatic carbocycles. The molecule has 1 saturated heterocycles. The summed E-state index contributed by atoms with van der Waals surface area (Å²) in [6, 6.07) is 12.9. The van der Waals surface area contributed by atoms with E-state index in [4.69, 9.17) is 14.6 Å². The lowest BCUT2D eigenvalue weighted by molar-refractivity contribution is -0.122. The number of carbonyl (C=O) groups is 1. The number of benzene rings is 2. The van der Waals surface area contributed by atoms with Crippen LogP contribution in [0.25, 0.3) is 22.2 Å². The van der Waals surface area contributed by atoms with Crippen molar-refractivity contribution in [1.29, 1.82) is 0 Å². The summed E-state index contributed by atoms with van der Waals surface area (Å²) in [6.07, 6.45) is 2.06. The maximum absolute atomic E-state index is 12.0. The number of aromatic nitrogens is 1. The van der Waals surface area contributed by atoms with E-state index in [0.717, 1.165) is 54.2 Å². The monoisotopic (exact) mass is 479 g/mol. The van der Waals surface area contributed by atoms with Gasteiger partial charge in [-0.05, 0) is 79.2 Å². The number of aromatic amines is 1. The molecule has 1 amide bonds. The largest absolute Gasteiger partial charge is 0.493 e. The molecule has 0 saturated carbocycles. The zero-order chi connectivity index (χ0) is 24.9. The van der Waals surface area contributed by atoms with Crippen LogP contribution in [0.4, 0.5) is 0 Å². The second kappa shape index (κ2) is 11.1. The van der Waals surface area contributed by atoms with Crippen LogP contribution in [0.15, 0.2) is 36.4 Å². The second-order valence-electron chi connectivity index (χ2n) is 9.57. The number of fused-ring (bicyclic) bond motifs is 1. The van der Waals surface area contributed by atoms with Gasteiger partial charge < -0.3 is 24.9 Å². The van der Waals surface area contributed by atoms with Crippen molar-refractivity contribution < 1.29 is 19.4 Å². The van der Waals surface area contributed by atoms with Crippen molar-refractivity contribution >= 4 is 16.8 Å². The second-order valence-corrected chi connectivity index (χ2v) is 9.57. The smallest absolute Gasteiger partial charge is 0.234 e. The number of aliphatic hydroxyl groups excluding tert-OH is 1. The molecule has 3 N–H and O–H groups in total. The van der Waals surface area contributed by atoms with Gasteiger partial charge in [-0.2, -0.15) is 0 Å². The number of H-pyrrole nitrogens is 1. The summed E-state index contributed by atoms with van der Waals surface area (Å²) < 4.78 is 11.0. The van der Waals surface area contributed by atoms with Crippen LogP contribution in [-0.2, 0) is 4.79 Å². The van der Waals surface area contributed by atoms with E-state index in [1.165, 1.54) is 16.5 Å². The third kappa shape index (κ3) is 5.46. The normalized spacial score (nSPS) is 15.0. The standard InChI is InChI=1S/C28H37N3O4/c1-18(2)27-22-15-20(19-9-12-31(13-10-19)17-26(33)29-11-14-32)5-7-23(22)30-28(27)21-6-8-24(34-3)25(16-21)35-4/h5-8,15-16,18-19,30,32H,9-14,17H2,1-4H3,(H,29,33). The third-order valence-electron chi connectivity index (χ3n) is 6.97. The Bertz CT molecular complexity index is 1160. The van der Waals surface area contributed by atoms with Gasteiger partial charge in [0.05, 0.1) is 33.1 Å². The zero-order valence-electron chi connectivity index (χ0n) is 21.2. The molecule has 4 rings (SSSR count). The Hall–Kier alpha value is -3.03. The molecule has 35 heavy (non-hydrogen) atoms. The summed E-state index contributed by atoms with van der Waals surface area (Å²) in [6.45, 7) is 6.96. The lowest BCUT2D eigenvalue weighted by Gasteiger charge is -2.31. The fraction of sp³-hybridized carbons (Fsp3) is 0.464. The molecule has 7 heteroatoms. The molecule has 1 aromatic heterocycles. The fourth-order valence-corrected chi connectivity index (χ4v) is 5.18. The predicted octanol–water partition coefficient (Wildman–Crippen LogP) is 4.26. The molecule has 1 aliphatic heterocycles. The van der Waals surface area contributed by atoms with Crippen molar-refractivity contribution in [1.82, 2.24) is 15.2 Å². The summed E-state index contributed by atoms with van der Waals surface area (Å²) in [5.41, 5.74) is 6.02. The van der Waals surface area contributed by atoms with Gasteiger partial charge >= 0.3 is 0 Å². The number of amides is 1. The highest BCUT2D eigenvalue weighted by atomic mass is 16.5. The molecule has 3 aromatic rings. The summed E-state index contributed by atoms with van der Waals surface area (Å²) >= 11 is 0. The number of carbonyl (C=O) groups excluding carboxylic acids is 1. The molecule has 0 unspecified atom stereocenters. The number of nitrogens with one attached hydrogen (secondary N) is 2. The van der Waals surface area contributed by atoms with Crippen molar-refractivity contribution in [3.8, 4) is 22.8 Å². The minimum absolute atomic E-state index is 0.0180. The van der Waals surface area contributed by atoms with Gasteiger partial charge in [0.15, 0.2) is 11.5 Å². The van der Waals surface area contributed by atoms with E-state index in [2.05, 4.69) is 53.3 Å². The quantitative estimate of drug-likeness (QED) is 0.427. The van der Waals surface area contributed by atoms with E-state index >= 15 is 0 Å². The van der Waals surface area contributed by atoms with Crippen LogP contribution in [0.2, 0.25) is 0 Å². The number of aliphatic hydroxyl groups is 1. The van der Waals surface area contributed by atoms with Crippen molar-refractivity contribution in [3.05, 3.63) is 47.5 Å². The van der Waals surface area contributed by atoms with Crippen molar-refractivity contribution in [3.63, 3.8) is 0 Å². The van der Waals surface area contributed by atoms with Crippen molar-refractivity contribution in [2.45, 2.75) is 38.5 Å². The van der Waals surface area contributed by atoms with Crippen LogP contribution < -0.4 is 14.8 Å². The summed E-state index contributed by atoms with van der Waals surface area (Å²) in [4.78, 5) is 17.8. The highest BCUT2D eigenvalue weighted by Crippen LogP contribution is 2.40. The Kier molecular flexibility index (Phi) is 7.98. The first-order chi connectivity index (χ1) is 16.9. The molecular formula is C28H37N3O4. The highest BCUT2D eigenvalue weighted by Gasteiger charge is 2.24. The molecule has 188 valence electrons. The Morgan fingerprint density at radius 3 is 2.51 bits per heavy atom. The number of ether oxygens (including phenoxy) is 2. The number of nitrogens with zero attached hydrogens (tertiary/aromatic N) is 1. The fourth-order valence-electron chi connectivity index (χ4n) is 5.18. The molecule has 0 atom stereocenters. The average Bonchev–Trinajstić information content (AvgIpc) is 3.26. The van der Waals surface area contributed by atoms with Crippen LogP contribution in [0.1, 0.15) is 49.7 Å². The number of hydrogen-bond acceptors (Lipinski definition) is 5. The van der Waals surface area contributed by atoms with Crippen LogP contribution >= 0.6 is 0 Å². The van der Waals surface area contributed by atoms with Gasteiger partial charge in [-0.15, -0.1) is 0 Å². The third-order valence-corrected chi connectivity index (χ3v) is 6.97. The van der Waals surface area contributed by atoms with Crippen molar-refractivity contribution in [2.75, 3.05) is 47.0 Å². The maximum Gasteiger partial charge on any atom is 0.234 e. The molecule has 0 bridgehead atoms. The predicted molar refractivity (Wildman–Crippen MR) is 139 cm³/mol. The van der Waals surface area contributed by atoms with Crippen LogP contribution in [-0.4, -0.2) is 67.9 Å². The Labute approximate surface area is 207 Å². The van der Waals surface area contributed by atoms with Gasteiger partial charge in [-0.1, -0.05) is 19.9 Å². The lowest BCUT2D eigenvalue weighted by atomic mass is 9.87. The number of methoxy groups -OCH3 is 2. The number of hydrogen-bond donors (Lipinski definition) is 3. The van der Waals surface area contributed by atoms with Crippen LogP contribution in [0, 0.1) is 0 Å². The number of rotatable bonds is 9.